The van der Waals surface area contributed by atoms with Crippen molar-refractivity contribution in [2.45, 2.75) is 18.1 Å². The van der Waals surface area contributed by atoms with Crippen molar-refractivity contribution in [2.75, 3.05) is 31.4 Å². The summed E-state index contributed by atoms with van der Waals surface area (Å²) < 4.78 is 40.7. The largest absolute Gasteiger partial charge is 0.480 e. The maximum absolute atomic E-state index is 15.6. The van der Waals surface area contributed by atoms with Crippen LogP contribution >= 0.6 is 11.8 Å². The maximum atomic E-state index is 15.6. The van der Waals surface area contributed by atoms with Crippen molar-refractivity contribution in [1.29, 1.82) is 0 Å². The van der Waals surface area contributed by atoms with Crippen LogP contribution in [0.4, 0.5) is 14.5 Å². The van der Waals surface area contributed by atoms with Crippen LogP contribution in [-0.2, 0) is 10.3 Å². The fourth-order valence-corrected chi connectivity index (χ4v) is 4.44. The number of hydrogen-bond acceptors (Lipinski definition) is 7. The van der Waals surface area contributed by atoms with Crippen molar-refractivity contribution >= 4 is 28.4 Å². The molecular weight excluding hydrogens is 402 g/mol. The number of anilines is 1. The lowest BCUT2D eigenvalue weighted by molar-refractivity contribution is 0.102. The highest BCUT2D eigenvalue weighted by molar-refractivity contribution is 8.14. The number of carbonyl (C=O) groups excluding carboxylic acids is 1. The lowest BCUT2D eigenvalue weighted by atomic mass is 9.79. The molecule has 2 aromatic rings. The van der Waals surface area contributed by atoms with E-state index in [4.69, 9.17) is 9.47 Å². The number of rotatable bonds is 4. The Labute approximate surface area is 169 Å². The molecule has 4 rings (SSSR count). The molecule has 29 heavy (non-hydrogen) atoms. The predicted molar refractivity (Wildman–Crippen MR) is 105 cm³/mol. The molecule has 0 spiro atoms. The van der Waals surface area contributed by atoms with Gasteiger partial charge in [0, 0.05) is 17.0 Å². The average molecular weight is 420 g/mol. The lowest BCUT2D eigenvalue weighted by Gasteiger charge is -2.39. The summed E-state index contributed by atoms with van der Waals surface area (Å²) in [5.74, 6) is -0.750. The molecule has 0 radical (unpaired) electrons. The van der Waals surface area contributed by atoms with E-state index in [0.717, 1.165) is 0 Å². The number of nitrogens with zero attached hydrogens (tertiary/aromatic N) is 3. The van der Waals surface area contributed by atoms with Gasteiger partial charge < -0.3 is 14.8 Å². The average Bonchev–Trinajstić information content (AvgIpc) is 3.06. The maximum Gasteiger partial charge on any atom is 0.275 e. The molecule has 0 saturated carbocycles. The number of hydrogen-bond donors (Lipinski definition) is 1. The molecule has 1 fully saturated rings. The van der Waals surface area contributed by atoms with Crippen LogP contribution in [0.3, 0.4) is 0 Å². The second-order valence-electron chi connectivity index (χ2n) is 6.83. The standard InChI is InChI=1S/C19H18F2N4O3S/c1-11-25-19(9-28-8-18(19,21)10-29-11)13-5-12(3-4-14(13)20)24-17(26)15-6-23-16(27-2)7-22-15/h3-7H,8-10H2,1-2H3,(H,24,26)/t18-,19-/m1/s1. The van der Waals surface area contributed by atoms with Crippen LogP contribution in [0.5, 0.6) is 5.88 Å². The Kier molecular flexibility index (Phi) is 4.99. The first-order valence-electron chi connectivity index (χ1n) is 8.80. The molecule has 10 heteroatoms. The molecule has 0 aliphatic carbocycles. The summed E-state index contributed by atoms with van der Waals surface area (Å²) in [6, 6.07) is 3.99. The van der Waals surface area contributed by atoms with Gasteiger partial charge in [0.15, 0.2) is 5.67 Å². The summed E-state index contributed by atoms with van der Waals surface area (Å²) in [5, 5.41) is 3.30. The third kappa shape index (κ3) is 3.36. The molecule has 1 aromatic heterocycles. The van der Waals surface area contributed by atoms with E-state index in [0.29, 0.717) is 10.7 Å². The molecule has 1 N–H and O–H groups in total. The number of benzene rings is 1. The fraction of sp³-hybridized carbons (Fsp3) is 0.368. The van der Waals surface area contributed by atoms with E-state index < -0.39 is 22.9 Å². The van der Waals surface area contributed by atoms with Crippen LogP contribution in [0.2, 0.25) is 0 Å². The van der Waals surface area contributed by atoms with Gasteiger partial charge in [0.1, 0.15) is 17.1 Å². The van der Waals surface area contributed by atoms with E-state index in [1.165, 1.54) is 49.5 Å². The molecule has 3 heterocycles. The molecule has 0 unspecified atom stereocenters. The Bertz CT molecular complexity index is 988. The number of ether oxygens (including phenoxy) is 2. The quantitative estimate of drug-likeness (QED) is 0.819. The topological polar surface area (TPSA) is 85.7 Å². The Morgan fingerprint density at radius 1 is 1.31 bits per heavy atom. The summed E-state index contributed by atoms with van der Waals surface area (Å²) in [7, 11) is 1.44. The number of nitrogens with one attached hydrogen (secondary N) is 1. The van der Waals surface area contributed by atoms with Crippen molar-refractivity contribution in [1.82, 2.24) is 9.97 Å². The lowest BCUT2D eigenvalue weighted by Crippen LogP contribution is -2.51. The number of fused-ring (bicyclic) bond motifs is 1. The minimum atomic E-state index is -1.83. The number of aliphatic imine (C=N–C) groups is 1. The zero-order valence-electron chi connectivity index (χ0n) is 15.7. The monoisotopic (exact) mass is 420 g/mol. The normalized spacial score (nSPS) is 25.9. The summed E-state index contributed by atoms with van der Waals surface area (Å²) in [6.45, 7) is 1.53. The van der Waals surface area contributed by atoms with E-state index in [-0.39, 0.29) is 36.1 Å². The van der Waals surface area contributed by atoms with Crippen molar-refractivity contribution in [3.05, 3.63) is 47.7 Å². The van der Waals surface area contributed by atoms with Gasteiger partial charge in [0.25, 0.3) is 5.91 Å². The number of alkyl halides is 1. The molecular formula is C19H18F2N4O3S. The molecule has 1 saturated heterocycles. The van der Waals surface area contributed by atoms with Crippen molar-refractivity contribution in [2.24, 2.45) is 4.99 Å². The minimum absolute atomic E-state index is 0.0516. The Morgan fingerprint density at radius 2 is 2.14 bits per heavy atom. The highest BCUT2D eigenvalue weighted by Crippen LogP contribution is 2.51. The van der Waals surface area contributed by atoms with Crippen LogP contribution < -0.4 is 10.1 Å². The zero-order chi connectivity index (χ0) is 20.6. The number of carbonyl (C=O) groups is 1. The second kappa shape index (κ2) is 7.34. The predicted octanol–water partition coefficient (Wildman–Crippen LogP) is 2.98. The number of methoxy groups -OCH3 is 1. The number of aromatic nitrogens is 2. The Hall–Kier alpha value is -2.59. The summed E-state index contributed by atoms with van der Waals surface area (Å²) >= 11 is 1.28. The van der Waals surface area contributed by atoms with Crippen LogP contribution in [-0.4, -0.2) is 52.7 Å². The van der Waals surface area contributed by atoms with Crippen LogP contribution in [0.25, 0.3) is 0 Å². The number of halogens is 2. The second-order valence-corrected chi connectivity index (χ2v) is 8.00. The zero-order valence-corrected chi connectivity index (χ0v) is 16.6. The summed E-state index contributed by atoms with van der Waals surface area (Å²) in [6.07, 6.45) is 2.58. The molecule has 1 aromatic carbocycles. The number of amides is 1. The van der Waals surface area contributed by atoms with Crippen molar-refractivity contribution < 1.29 is 23.0 Å². The molecule has 0 bridgehead atoms. The molecule has 2 atom stereocenters. The van der Waals surface area contributed by atoms with Crippen LogP contribution in [0, 0.1) is 5.82 Å². The molecule has 2 aliphatic heterocycles. The first-order valence-corrected chi connectivity index (χ1v) is 9.79. The van der Waals surface area contributed by atoms with Crippen LogP contribution in [0.15, 0.2) is 35.6 Å². The summed E-state index contributed by atoms with van der Waals surface area (Å²) in [4.78, 5) is 24.8. The van der Waals surface area contributed by atoms with E-state index in [9.17, 15) is 9.18 Å². The van der Waals surface area contributed by atoms with Gasteiger partial charge in [0.05, 0.1) is 37.8 Å². The highest BCUT2D eigenvalue weighted by Gasteiger charge is 2.61. The van der Waals surface area contributed by atoms with Gasteiger partial charge in [0.2, 0.25) is 5.88 Å². The van der Waals surface area contributed by atoms with Gasteiger partial charge >= 0.3 is 0 Å². The highest BCUT2D eigenvalue weighted by atomic mass is 32.2. The van der Waals surface area contributed by atoms with E-state index in [1.807, 2.05) is 0 Å². The molecule has 152 valence electrons. The number of thioether (sulfide) groups is 1. The van der Waals surface area contributed by atoms with Gasteiger partial charge in [-0.25, -0.2) is 18.7 Å². The molecule has 1 amide bonds. The smallest absolute Gasteiger partial charge is 0.275 e. The van der Waals surface area contributed by atoms with Crippen molar-refractivity contribution in [3.8, 4) is 5.88 Å². The van der Waals surface area contributed by atoms with Crippen LogP contribution in [0.1, 0.15) is 23.0 Å². The SMILES string of the molecule is COc1cnc(C(=O)Nc2ccc(F)c([C@]34COC[C@@]3(F)CSC(C)=N4)c2)cn1. The third-order valence-corrected chi connectivity index (χ3v) is 6.09. The first kappa shape index (κ1) is 19.7. The Balaban J connectivity index is 1.67. The Morgan fingerprint density at radius 3 is 2.86 bits per heavy atom. The van der Waals surface area contributed by atoms with Gasteiger partial charge in [-0.15, -0.1) is 11.8 Å². The van der Waals surface area contributed by atoms with E-state index >= 15 is 4.39 Å². The molecule has 7 nitrogen and oxygen atoms in total. The third-order valence-electron chi connectivity index (χ3n) is 4.98. The van der Waals surface area contributed by atoms with Gasteiger partial charge in [-0.1, -0.05) is 0 Å². The van der Waals surface area contributed by atoms with Gasteiger partial charge in [-0.05, 0) is 25.1 Å². The first-order chi connectivity index (χ1) is 13.9. The van der Waals surface area contributed by atoms with E-state index in [1.54, 1.807) is 6.92 Å². The van der Waals surface area contributed by atoms with E-state index in [2.05, 4.69) is 20.3 Å². The van der Waals surface area contributed by atoms with Gasteiger partial charge in [-0.3, -0.25) is 9.79 Å². The minimum Gasteiger partial charge on any atom is -0.480 e. The summed E-state index contributed by atoms with van der Waals surface area (Å²) in [5.41, 5.74) is -2.91. The fourth-order valence-electron chi connectivity index (χ4n) is 3.46. The van der Waals surface area contributed by atoms with Crippen molar-refractivity contribution in [3.63, 3.8) is 0 Å². The molecule has 2 aliphatic rings. The van der Waals surface area contributed by atoms with Gasteiger partial charge in [-0.2, -0.15) is 0 Å².